The van der Waals surface area contributed by atoms with E-state index in [9.17, 15) is 13.2 Å². The van der Waals surface area contributed by atoms with Crippen molar-refractivity contribution in [3.63, 3.8) is 0 Å². The number of hydrogen-bond donors (Lipinski definition) is 1. The molecule has 0 saturated heterocycles. The largest absolute Gasteiger partial charge is 0.433 e. The third-order valence-corrected chi connectivity index (χ3v) is 1.34. The predicted molar refractivity (Wildman–Crippen MR) is 39.0 cm³/mol. The maximum absolute atomic E-state index is 12.0. The molecular weight excluding hydrogens is 189 g/mol. The maximum Gasteiger partial charge on any atom is 0.433 e. The molecule has 0 atom stereocenters. The first kappa shape index (κ1) is 9.31. The normalized spacial score (nSPS) is 11.8. The highest BCUT2D eigenvalue weighted by atomic mass is 32.1. The average Bonchev–Trinajstić information content (AvgIpc) is 1.82. The first-order chi connectivity index (χ1) is 5.39. The van der Waals surface area contributed by atoms with Crippen molar-refractivity contribution in [1.29, 1.82) is 0 Å². The molecule has 0 aliphatic heterocycles. The second-order valence-electron chi connectivity index (χ2n) is 2.16. The molecule has 0 bridgehead atoms. The second kappa shape index (κ2) is 2.93. The molecule has 0 aliphatic rings. The molecule has 2 nitrogen and oxygen atoms in total. The van der Waals surface area contributed by atoms with Gasteiger partial charge in [0.25, 0.3) is 0 Å². The smallest absolute Gasteiger partial charge is 0.229 e. The van der Waals surface area contributed by atoms with Gasteiger partial charge in [0.05, 0.1) is 5.03 Å². The Morgan fingerprint density at radius 3 is 2.33 bits per heavy atom. The van der Waals surface area contributed by atoms with E-state index in [2.05, 4.69) is 22.6 Å². The van der Waals surface area contributed by atoms with Crippen LogP contribution in [0.25, 0.3) is 0 Å². The van der Waals surface area contributed by atoms with E-state index >= 15 is 0 Å². The maximum atomic E-state index is 12.0. The SMILES string of the molecule is Cc1nc(S)cc(C(F)(F)F)n1. The first-order valence-corrected chi connectivity index (χ1v) is 3.46. The molecule has 0 amide bonds. The van der Waals surface area contributed by atoms with Crippen molar-refractivity contribution in [2.24, 2.45) is 0 Å². The van der Waals surface area contributed by atoms with Crippen LogP contribution in [-0.4, -0.2) is 9.97 Å². The average molecular weight is 194 g/mol. The van der Waals surface area contributed by atoms with Gasteiger partial charge in [-0.05, 0) is 6.92 Å². The summed E-state index contributed by atoms with van der Waals surface area (Å²) in [5.74, 6) is 0.0647. The van der Waals surface area contributed by atoms with Crippen LogP contribution in [-0.2, 0) is 6.18 Å². The van der Waals surface area contributed by atoms with Crippen LogP contribution in [0.2, 0.25) is 0 Å². The number of nitrogens with zero attached hydrogens (tertiary/aromatic N) is 2. The lowest BCUT2D eigenvalue weighted by molar-refractivity contribution is -0.141. The van der Waals surface area contributed by atoms with Crippen LogP contribution in [0.3, 0.4) is 0 Å². The number of aryl methyl sites for hydroxylation is 1. The first-order valence-electron chi connectivity index (χ1n) is 3.01. The van der Waals surface area contributed by atoms with E-state index in [0.29, 0.717) is 0 Å². The van der Waals surface area contributed by atoms with Crippen molar-refractivity contribution in [3.05, 3.63) is 17.6 Å². The van der Waals surface area contributed by atoms with Crippen molar-refractivity contribution in [2.45, 2.75) is 18.1 Å². The predicted octanol–water partition coefficient (Wildman–Crippen LogP) is 2.09. The number of halogens is 3. The lowest BCUT2D eigenvalue weighted by Crippen LogP contribution is -2.09. The fourth-order valence-electron chi connectivity index (χ4n) is 0.697. The summed E-state index contributed by atoms with van der Waals surface area (Å²) in [4.78, 5) is 6.82. The Labute approximate surface area is 72.3 Å². The molecule has 1 aromatic heterocycles. The van der Waals surface area contributed by atoms with E-state index < -0.39 is 11.9 Å². The van der Waals surface area contributed by atoms with Crippen LogP contribution in [0.1, 0.15) is 11.5 Å². The summed E-state index contributed by atoms with van der Waals surface area (Å²) in [5, 5.41) is 0.0230. The molecule has 0 aliphatic carbocycles. The Kier molecular flexibility index (Phi) is 2.27. The van der Waals surface area contributed by atoms with Crippen LogP contribution < -0.4 is 0 Å². The monoisotopic (exact) mass is 194 g/mol. The summed E-state index contributed by atoms with van der Waals surface area (Å²) < 4.78 is 36.1. The van der Waals surface area contributed by atoms with Crippen molar-refractivity contribution < 1.29 is 13.2 Å². The number of aromatic nitrogens is 2. The van der Waals surface area contributed by atoms with E-state index in [0.717, 1.165) is 6.07 Å². The fraction of sp³-hybridized carbons (Fsp3) is 0.333. The summed E-state index contributed by atoms with van der Waals surface area (Å²) in [6.45, 7) is 1.38. The minimum atomic E-state index is -4.43. The third kappa shape index (κ3) is 2.10. The zero-order valence-corrected chi connectivity index (χ0v) is 6.95. The summed E-state index contributed by atoms with van der Waals surface area (Å²) >= 11 is 3.70. The Hall–Kier alpha value is -0.780. The lowest BCUT2D eigenvalue weighted by Gasteiger charge is -2.05. The van der Waals surface area contributed by atoms with E-state index in [4.69, 9.17) is 0 Å². The van der Waals surface area contributed by atoms with Gasteiger partial charge in [-0.1, -0.05) is 0 Å². The Balaban J connectivity index is 3.18. The van der Waals surface area contributed by atoms with Crippen LogP contribution in [0.5, 0.6) is 0 Å². The standard InChI is InChI=1S/C6H5F3N2S/c1-3-10-4(6(7,8)9)2-5(12)11-3/h2H,1H3,(H,10,11,12). The third-order valence-electron chi connectivity index (χ3n) is 1.11. The molecule has 1 rings (SSSR count). The van der Waals surface area contributed by atoms with Crippen LogP contribution in [0.4, 0.5) is 13.2 Å². The number of hydrogen-bond acceptors (Lipinski definition) is 3. The van der Waals surface area contributed by atoms with E-state index in [1.807, 2.05) is 0 Å². The van der Waals surface area contributed by atoms with Gasteiger partial charge in [0.2, 0.25) is 0 Å². The van der Waals surface area contributed by atoms with E-state index in [1.54, 1.807) is 0 Å². The molecule has 0 aromatic carbocycles. The summed E-state index contributed by atoms with van der Waals surface area (Å²) in [6.07, 6.45) is -4.43. The van der Waals surface area contributed by atoms with Gasteiger partial charge in [-0.3, -0.25) is 0 Å². The molecule has 1 heterocycles. The molecule has 0 saturated carbocycles. The molecule has 1 aromatic rings. The lowest BCUT2D eigenvalue weighted by atomic mass is 10.4. The quantitative estimate of drug-likeness (QED) is 0.505. The summed E-state index contributed by atoms with van der Waals surface area (Å²) in [6, 6.07) is 0.788. The van der Waals surface area contributed by atoms with E-state index in [1.165, 1.54) is 6.92 Å². The fourth-order valence-corrected chi connectivity index (χ4v) is 0.964. The molecular formula is C6H5F3N2S. The molecule has 0 unspecified atom stereocenters. The van der Waals surface area contributed by atoms with Gasteiger partial charge in [0, 0.05) is 6.07 Å². The van der Waals surface area contributed by atoms with E-state index in [-0.39, 0.29) is 10.9 Å². The molecule has 0 N–H and O–H groups in total. The Bertz CT molecular complexity index is 277. The zero-order chi connectivity index (χ0) is 9.35. The van der Waals surface area contributed by atoms with Gasteiger partial charge in [0.15, 0.2) is 0 Å². The highest BCUT2D eigenvalue weighted by Crippen LogP contribution is 2.28. The minimum Gasteiger partial charge on any atom is -0.229 e. The number of thiol groups is 1. The highest BCUT2D eigenvalue weighted by Gasteiger charge is 2.32. The Morgan fingerprint density at radius 1 is 1.33 bits per heavy atom. The van der Waals surface area contributed by atoms with Gasteiger partial charge < -0.3 is 0 Å². The van der Waals surface area contributed by atoms with Gasteiger partial charge in [-0.15, -0.1) is 12.6 Å². The Morgan fingerprint density at radius 2 is 1.92 bits per heavy atom. The molecule has 0 spiro atoms. The van der Waals surface area contributed by atoms with Crippen LogP contribution in [0, 0.1) is 6.92 Å². The van der Waals surface area contributed by atoms with Crippen LogP contribution >= 0.6 is 12.6 Å². The van der Waals surface area contributed by atoms with Crippen molar-refractivity contribution in [2.75, 3.05) is 0 Å². The van der Waals surface area contributed by atoms with Crippen molar-refractivity contribution in [1.82, 2.24) is 9.97 Å². The summed E-state index contributed by atoms with van der Waals surface area (Å²) in [7, 11) is 0. The van der Waals surface area contributed by atoms with Gasteiger partial charge in [-0.25, -0.2) is 9.97 Å². The number of rotatable bonds is 0. The molecule has 66 valence electrons. The zero-order valence-electron chi connectivity index (χ0n) is 6.05. The summed E-state index contributed by atoms with van der Waals surface area (Å²) in [5.41, 5.74) is -0.958. The molecule has 6 heteroatoms. The topological polar surface area (TPSA) is 25.8 Å². The van der Waals surface area contributed by atoms with Gasteiger partial charge in [0.1, 0.15) is 11.5 Å². The second-order valence-corrected chi connectivity index (χ2v) is 2.61. The van der Waals surface area contributed by atoms with Crippen LogP contribution in [0.15, 0.2) is 11.1 Å². The van der Waals surface area contributed by atoms with Gasteiger partial charge in [-0.2, -0.15) is 13.2 Å². The molecule has 12 heavy (non-hydrogen) atoms. The van der Waals surface area contributed by atoms with Crippen molar-refractivity contribution >= 4 is 12.6 Å². The van der Waals surface area contributed by atoms with Gasteiger partial charge >= 0.3 is 6.18 Å². The molecule has 0 fully saturated rings. The molecule has 0 radical (unpaired) electrons. The number of alkyl halides is 3. The highest BCUT2D eigenvalue weighted by molar-refractivity contribution is 7.80. The minimum absolute atomic E-state index is 0.0230. The van der Waals surface area contributed by atoms with Crippen molar-refractivity contribution in [3.8, 4) is 0 Å².